The summed E-state index contributed by atoms with van der Waals surface area (Å²) in [5.41, 5.74) is 0.870. The van der Waals surface area contributed by atoms with Crippen molar-refractivity contribution < 1.29 is 19.4 Å². The van der Waals surface area contributed by atoms with E-state index in [1.165, 1.54) is 6.92 Å². The Bertz CT molecular complexity index is 408. The number of carbonyl (C=O) groups excluding carboxylic acids is 2. The van der Waals surface area contributed by atoms with Crippen molar-refractivity contribution in [2.75, 3.05) is 13.2 Å². The highest BCUT2D eigenvalue weighted by atomic mass is 16.5. The van der Waals surface area contributed by atoms with E-state index in [-0.39, 0.29) is 25.7 Å². The molecule has 1 aromatic carbocycles. The van der Waals surface area contributed by atoms with Crippen LogP contribution >= 0.6 is 0 Å². The number of ether oxygens (including phenoxy) is 1. The van der Waals surface area contributed by atoms with E-state index in [0.717, 1.165) is 5.56 Å². The molecule has 1 atom stereocenters. The van der Waals surface area contributed by atoms with Crippen molar-refractivity contribution in [2.24, 2.45) is 0 Å². The molecule has 0 aliphatic rings. The van der Waals surface area contributed by atoms with Crippen molar-refractivity contribution in [3.8, 4) is 0 Å². The number of nitrogens with one attached hydrogen (secondary N) is 2. The Labute approximate surface area is 111 Å². The molecule has 0 fully saturated rings. The minimum absolute atomic E-state index is 0.142. The third-order valence-corrected chi connectivity index (χ3v) is 2.35. The first-order valence-electron chi connectivity index (χ1n) is 5.99. The third kappa shape index (κ3) is 5.87. The SMILES string of the molecule is CC(NC(=O)OCc1ccccc1)C(=O)NCCO. The van der Waals surface area contributed by atoms with Crippen molar-refractivity contribution in [1.29, 1.82) is 0 Å². The van der Waals surface area contributed by atoms with Gasteiger partial charge in [-0.05, 0) is 12.5 Å². The lowest BCUT2D eigenvalue weighted by molar-refractivity contribution is -0.122. The Kier molecular flexibility index (Phi) is 6.38. The van der Waals surface area contributed by atoms with E-state index in [1.54, 1.807) is 0 Å². The van der Waals surface area contributed by atoms with E-state index >= 15 is 0 Å². The van der Waals surface area contributed by atoms with Crippen LogP contribution in [0, 0.1) is 0 Å². The van der Waals surface area contributed by atoms with Crippen molar-refractivity contribution in [2.45, 2.75) is 19.6 Å². The molecule has 0 aliphatic heterocycles. The van der Waals surface area contributed by atoms with E-state index in [2.05, 4.69) is 10.6 Å². The molecule has 6 nitrogen and oxygen atoms in total. The summed E-state index contributed by atoms with van der Waals surface area (Å²) in [6.45, 7) is 1.70. The van der Waals surface area contributed by atoms with Crippen LogP contribution in [-0.4, -0.2) is 36.3 Å². The predicted molar refractivity (Wildman–Crippen MR) is 69.3 cm³/mol. The molecule has 0 aliphatic carbocycles. The highest BCUT2D eigenvalue weighted by Gasteiger charge is 2.15. The van der Waals surface area contributed by atoms with Crippen molar-refractivity contribution in [3.05, 3.63) is 35.9 Å². The first-order chi connectivity index (χ1) is 9.13. The van der Waals surface area contributed by atoms with Crippen LogP contribution in [0.5, 0.6) is 0 Å². The van der Waals surface area contributed by atoms with Crippen LogP contribution in [0.1, 0.15) is 12.5 Å². The van der Waals surface area contributed by atoms with Crippen LogP contribution in [-0.2, 0) is 16.1 Å². The smallest absolute Gasteiger partial charge is 0.408 e. The van der Waals surface area contributed by atoms with Crippen LogP contribution in [0.25, 0.3) is 0 Å². The van der Waals surface area contributed by atoms with Crippen LogP contribution in [0.3, 0.4) is 0 Å². The maximum Gasteiger partial charge on any atom is 0.408 e. The summed E-state index contributed by atoms with van der Waals surface area (Å²) in [5.74, 6) is -0.370. The quantitative estimate of drug-likeness (QED) is 0.696. The molecule has 19 heavy (non-hydrogen) atoms. The zero-order valence-electron chi connectivity index (χ0n) is 10.8. The first-order valence-corrected chi connectivity index (χ1v) is 5.99. The molecule has 1 aromatic rings. The van der Waals surface area contributed by atoms with Gasteiger partial charge in [-0.15, -0.1) is 0 Å². The molecular weight excluding hydrogens is 248 g/mol. The van der Waals surface area contributed by atoms with Crippen molar-refractivity contribution in [1.82, 2.24) is 10.6 Å². The fourth-order valence-corrected chi connectivity index (χ4v) is 1.34. The van der Waals surface area contributed by atoms with Crippen molar-refractivity contribution >= 4 is 12.0 Å². The molecule has 6 heteroatoms. The van der Waals surface area contributed by atoms with E-state index < -0.39 is 12.1 Å². The Hall–Kier alpha value is -2.08. The molecule has 104 valence electrons. The Morgan fingerprint density at radius 1 is 1.32 bits per heavy atom. The zero-order chi connectivity index (χ0) is 14.1. The number of benzene rings is 1. The number of carbonyl (C=O) groups is 2. The fourth-order valence-electron chi connectivity index (χ4n) is 1.34. The molecule has 0 aromatic heterocycles. The number of hydrogen-bond acceptors (Lipinski definition) is 4. The number of aliphatic hydroxyl groups is 1. The number of rotatable bonds is 6. The van der Waals surface area contributed by atoms with Gasteiger partial charge >= 0.3 is 6.09 Å². The highest BCUT2D eigenvalue weighted by Crippen LogP contribution is 2.00. The predicted octanol–water partition coefficient (Wildman–Crippen LogP) is 0.410. The van der Waals surface area contributed by atoms with Gasteiger partial charge in [0.15, 0.2) is 0 Å². The first kappa shape index (κ1) is 15.0. The Morgan fingerprint density at radius 3 is 2.63 bits per heavy atom. The molecule has 0 spiro atoms. The second kappa shape index (κ2) is 8.10. The van der Waals surface area contributed by atoms with E-state index in [1.807, 2.05) is 30.3 Å². The second-order valence-electron chi connectivity index (χ2n) is 3.94. The minimum Gasteiger partial charge on any atom is -0.445 e. The van der Waals surface area contributed by atoms with Crippen LogP contribution in [0.2, 0.25) is 0 Å². The fraction of sp³-hybridized carbons (Fsp3) is 0.385. The number of alkyl carbamates (subject to hydrolysis) is 1. The minimum atomic E-state index is -0.713. The molecule has 3 N–H and O–H groups in total. The Balaban J connectivity index is 2.29. The van der Waals surface area contributed by atoms with Gasteiger partial charge in [-0.3, -0.25) is 4.79 Å². The van der Waals surface area contributed by atoms with Gasteiger partial charge in [-0.2, -0.15) is 0 Å². The van der Waals surface area contributed by atoms with Gasteiger partial charge in [-0.25, -0.2) is 4.79 Å². The van der Waals surface area contributed by atoms with Gasteiger partial charge in [0, 0.05) is 6.54 Å². The van der Waals surface area contributed by atoms with Crippen LogP contribution in [0.4, 0.5) is 4.79 Å². The summed E-state index contributed by atoms with van der Waals surface area (Å²) in [7, 11) is 0. The molecule has 0 heterocycles. The normalized spacial score (nSPS) is 11.5. The maximum absolute atomic E-state index is 11.4. The molecule has 1 rings (SSSR count). The van der Waals surface area contributed by atoms with E-state index in [4.69, 9.17) is 9.84 Å². The van der Waals surface area contributed by atoms with Gasteiger partial charge in [0.2, 0.25) is 5.91 Å². The average molecular weight is 266 g/mol. The standard InChI is InChI=1S/C13H18N2O4/c1-10(12(17)14-7-8-16)15-13(18)19-9-11-5-3-2-4-6-11/h2-6,10,16H,7-9H2,1H3,(H,14,17)(H,15,18). The van der Waals surface area contributed by atoms with Gasteiger partial charge < -0.3 is 20.5 Å². The van der Waals surface area contributed by atoms with Gasteiger partial charge in [-0.1, -0.05) is 30.3 Å². The topological polar surface area (TPSA) is 87.7 Å². The molecule has 0 saturated carbocycles. The lowest BCUT2D eigenvalue weighted by Crippen LogP contribution is -2.45. The summed E-state index contributed by atoms with van der Waals surface area (Å²) in [6.07, 6.45) is -0.657. The van der Waals surface area contributed by atoms with E-state index in [0.29, 0.717) is 0 Å². The number of aliphatic hydroxyl groups excluding tert-OH is 1. The summed E-state index contributed by atoms with van der Waals surface area (Å²) in [4.78, 5) is 22.9. The molecule has 1 unspecified atom stereocenters. The zero-order valence-corrected chi connectivity index (χ0v) is 10.8. The lowest BCUT2D eigenvalue weighted by Gasteiger charge is -2.13. The summed E-state index contributed by atoms with van der Waals surface area (Å²) in [6, 6.07) is 8.53. The molecule has 2 amide bonds. The monoisotopic (exact) mass is 266 g/mol. The van der Waals surface area contributed by atoms with Gasteiger partial charge in [0.05, 0.1) is 6.61 Å². The summed E-state index contributed by atoms with van der Waals surface area (Å²) >= 11 is 0. The lowest BCUT2D eigenvalue weighted by atomic mass is 10.2. The van der Waals surface area contributed by atoms with Crippen molar-refractivity contribution in [3.63, 3.8) is 0 Å². The number of amides is 2. The largest absolute Gasteiger partial charge is 0.445 e. The molecular formula is C13H18N2O4. The maximum atomic E-state index is 11.4. The Morgan fingerprint density at radius 2 is 2.00 bits per heavy atom. The molecule has 0 bridgehead atoms. The average Bonchev–Trinajstić information content (AvgIpc) is 2.43. The third-order valence-electron chi connectivity index (χ3n) is 2.35. The highest BCUT2D eigenvalue weighted by molar-refractivity contribution is 5.85. The summed E-state index contributed by atoms with van der Waals surface area (Å²) < 4.78 is 4.97. The van der Waals surface area contributed by atoms with Gasteiger partial charge in [0.1, 0.15) is 12.6 Å². The molecule has 0 saturated heterocycles. The second-order valence-corrected chi connectivity index (χ2v) is 3.94. The van der Waals surface area contributed by atoms with Crippen LogP contribution < -0.4 is 10.6 Å². The number of hydrogen-bond donors (Lipinski definition) is 3. The van der Waals surface area contributed by atoms with Gasteiger partial charge in [0.25, 0.3) is 0 Å². The summed E-state index contributed by atoms with van der Waals surface area (Å²) in [5, 5.41) is 13.4. The molecule has 0 radical (unpaired) electrons. The van der Waals surface area contributed by atoms with E-state index in [9.17, 15) is 9.59 Å². The van der Waals surface area contributed by atoms with Crippen LogP contribution in [0.15, 0.2) is 30.3 Å².